The lowest BCUT2D eigenvalue weighted by Crippen LogP contribution is -2.11. The van der Waals surface area contributed by atoms with Crippen LogP contribution in [-0.2, 0) is 10.1 Å². The lowest BCUT2D eigenvalue weighted by molar-refractivity contribution is 0.0698. The Morgan fingerprint density at radius 3 is 2.29 bits per heavy atom. The maximum atomic E-state index is 12.9. The Kier molecular flexibility index (Phi) is 5.35. The van der Waals surface area contributed by atoms with E-state index in [-0.39, 0.29) is 16.2 Å². The van der Waals surface area contributed by atoms with Crippen molar-refractivity contribution in [3.05, 3.63) is 96.1 Å². The molecule has 4 rings (SSSR count). The van der Waals surface area contributed by atoms with Crippen LogP contribution in [0.4, 0.5) is 11.4 Å². The van der Waals surface area contributed by atoms with Crippen LogP contribution < -0.4 is 9.50 Å². The highest BCUT2D eigenvalue weighted by atomic mass is 32.2. The van der Waals surface area contributed by atoms with Crippen LogP contribution in [0.3, 0.4) is 0 Å². The average Bonchev–Trinajstić information content (AvgIpc) is 2.76. The van der Waals surface area contributed by atoms with Gasteiger partial charge >= 0.3 is 16.1 Å². The summed E-state index contributed by atoms with van der Waals surface area (Å²) in [6.45, 7) is 1.86. The van der Waals surface area contributed by atoms with Crippen molar-refractivity contribution in [2.45, 2.75) is 11.8 Å². The van der Waals surface area contributed by atoms with Gasteiger partial charge in [0.25, 0.3) is 0 Å². The van der Waals surface area contributed by atoms with E-state index in [0.717, 1.165) is 10.9 Å². The summed E-state index contributed by atoms with van der Waals surface area (Å²) in [6.07, 6.45) is 0. The van der Waals surface area contributed by atoms with E-state index >= 15 is 0 Å². The number of carboxylic acid groups (broad SMARTS) is 1. The van der Waals surface area contributed by atoms with Gasteiger partial charge in [0, 0.05) is 5.39 Å². The number of carboxylic acids is 1. The summed E-state index contributed by atoms with van der Waals surface area (Å²) in [5.41, 5.74) is 1.67. The number of para-hydroxylation sites is 1. The fourth-order valence-corrected chi connectivity index (χ4v) is 4.18. The third-order valence-corrected chi connectivity index (χ3v) is 6.07. The summed E-state index contributed by atoms with van der Waals surface area (Å²) < 4.78 is 31.3. The summed E-state index contributed by atoms with van der Waals surface area (Å²) in [7, 11) is -4.10. The van der Waals surface area contributed by atoms with E-state index < -0.39 is 16.1 Å². The average molecular weight is 433 g/mol. The van der Waals surface area contributed by atoms with E-state index in [1.165, 1.54) is 18.2 Å². The molecule has 2 N–H and O–H groups in total. The molecule has 4 aromatic rings. The normalized spacial score (nSPS) is 11.3. The number of hydrogen-bond acceptors (Lipinski definition) is 5. The third kappa shape index (κ3) is 4.22. The number of aryl methyl sites for hydroxylation is 1. The van der Waals surface area contributed by atoms with Crippen LogP contribution in [0.1, 0.15) is 15.9 Å². The number of anilines is 2. The molecule has 0 aliphatic heterocycles. The first-order valence-electron chi connectivity index (χ1n) is 9.47. The number of fused-ring (bicyclic) bond motifs is 1. The third-order valence-electron chi connectivity index (χ3n) is 4.82. The minimum Gasteiger partial charge on any atom is -0.478 e. The van der Waals surface area contributed by atoms with Gasteiger partial charge in [-0.3, -0.25) is 0 Å². The van der Waals surface area contributed by atoms with Gasteiger partial charge < -0.3 is 14.6 Å². The van der Waals surface area contributed by atoms with Crippen LogP contribution in [-0.4, -0.2) is 19.5 Å². The molecule has 31 heavy (non-hydrogen) atoms. The molecule has 0 unspecified atom stereocenters. The fourth-order valence-electron chi connectivity index (χ4n) is 3.23. The standard InChI is InChI=1S/C24H19NO5S/c1-16-10-13-18(14-11-16)31(28,29)30-22-15-12-17-6-2-3-7-19(17)23(22)25-21-9-5-4-8-20(21)24(26)27/h2-15,25H,1H3,(H,26,27). The minimum atomic E-state index is -4.10. The molecule has 6 nitrogen and oxygen atoms in total. The van der Waals surface area contributed by atoms with Crippen LogP contribution in [0, 0.1) is 6.92 Å². The number of aromatic carboxylic acids is 1. The highest BCUT2D eigenvalue weighted by Gasteiger charge is 2.21. The molecule has 0 saturated heterocycles. The number of carbonyl (C=O) groups is 1. The molecule has 0 spiro atoms. The molecular formula is C24H19NO5S. The van der Waals surface area contributed by atoms with Crippen molar-refractivity contribution < 1.29 is 22.5 Å². The second-order valence-electron chi connectivity index (χ2n) is 6.99. The largest absolute Gasteiger partial charge is 0.478 e. The molecule has 0 aromatic heterocycles. The predicted molar refractivity (Wildman–Crippen MR) is 120 cm³/mol. The van der Waals surface area contributed by atoms with E-state index in [1.807, 2.05) is 31.2 Å². The number of nitrogens with one attached hydrogen (secondary N) is 1. The zero-order chi connectivity index (χ0) is 22.0. The Morgan fingerprint density at radius 2 is 1.55 bits per heavy atom. The van der Waals surface area contributed by atoms with Crippen molar-refractivity contribution >= 4 is 38.2 Å². The van der Waals surface area contributed by atoms with Gasteiger partial charge in [-0.1, -0.05) is 60.2 Å². The first-order valence-corrected chi connectivity index (χ1v) is 10.9. The molecule has 0 heterocycles. The van der Waals surface area contributed by atoms with Gasteiger partial charge in [0.15, 0.2) is 5.75 Å². The van der Waals surface area contributed by atoms with Gasteiger partial charge in [-0.05, 0) is 42.6 Å². The van der Waals surface area contributed by atoms with Gasteiger partial charge in [-0.2, -0.15) is 8.42 Å². The highest BCUT2D eigenvalue weighted by molar-refractivity contribution is 7.87. The Bertz CT molecular complexity index is 1380. The monoisotopic (exact) mass is 433 g/mol. The Hall–Kier alpha value is -3.84. The van der Waals surface area contributed by atoms with Crippen LogP contribution in [0.2, 0.25) is 0 Å². The van der Waals surface area contributed by atoms with E-state index in [1.54, 1.807) is 42.5 Å². The predicted octanol–water partition coefficient (Wildman–Crippen LogP) is 5.36. The Balaban J connectivity index is 1.83. The second kappa shape index (κ2) is 8.12. The van der Waals surface area contributed by atoms with Crippen molar-refractivity contribution in [3.63, 3.8) is 0 Å². The molecule has 156 valence electrons. The maximum Gasteiger partial charge on any atom is 0.339 e. The van der Waals surface area contributed by atoms with Gasteiger partial charge in [0.2, 0.25) is 0 Å². The molecule has 4 aromatic carbocycles. The van der Waals surface area contributed by atoms with Crippen molar-refractivity contribution in [2.24, 2.45) is 0 Å². The summed E-state index contributed by atoms with van der Waals surface area (Å²) in [5, 5.41) is 14.1. The molecular weight excluding hydrogens is 414 g/mol. The summed E-state index contributed by atoms with van der Waals surface area (Å²) in [5.74, 6) is -1.03. The lowest BCUT2D eigenvalue weighted by Gasteiger charge is -2.17. The Labute approximate surface area is 179 Å². The quantitative estimate of drug-likeness (QED) is 0.398. The van der Waals surface area contributed by atoms with Crippen LogP contribution in [0.15, 0.2) is 89.8 Å². The Morgan fingerprint density at radius 1 is 0.871 bits per heavy atom. The van der Waals surface area contributed by atoms with Crippen LogP contribution in [0.5, 0.6) is 5.75 Å². The molecule has 0 amide bonds. The molecule has 0 aliphatic rings. The summed E-state index contributed by atoms with van der Waals surface area (Å²) in [6, 6.07) is 23.4. The zero-order valence-corrected chi connectivity index (χ0v) is 17.4. The molecule has 0 fully saturated rings. The molecule has 0 atom stereocenters. The molecule has 0 saturated carbocycles. The molecule has 7 heteroatoms. The minimum absolute atomic E-state index is 0.0307. The fraction of sp³-hybridized carbons (Fsp3) is 0.0417. The zero-order valence-electron chi connectivity index (χ0n) is 16.6. The molecule has 0 bridgehead atoms. The first-order chi connectivity index (χ1) is 14.8. The van der Waals surface area contributed by atoms with Crippen molar-refractivity contribution in [3.8, 4) is 5.75 Å². The van der Waals surface area contributed by atoms with E-state index in [2.05, 4.69) is 5.32 Å². The van der Waals surface area contributed by atoms with Gasteiger partial charge in [-0.25, -0.2) is 4.79 Å². The highest BCUT2D eigenvalue weighted by Crippen LogP contribution is 2.37. The number of rotatable bonds is 6. The van der Waals surface area contributed by atoms with E-state index in [9.17, 15) is 18.3 Å². The lowest BCUT2D eigenvalue weighted by atomic mass is 10.1. The number of benzene rings is 4. The molecule has 0 aliphatic carbocycles. The van der Waals surface area contributed by atoms with E-state index in [4.69, 9.17) is 4.18 Å². The maximum absolute atomic E-state index is 12.9. The smallest absolute Gasteiger partial charge is 0.339 e. The second-order valence-corrected chi connectivity index (χ2v) is 8.53. The van der Waals surface area contributed by atoms with Gasteiger partial charge in [-0.15, -0.1) is 0 Å². The van der Waals surface area contributed by atoms with Crippen molar-refractivity contribution in [2.75, 3.05) is 5.32 Å². The SMILES string of the molecule is Cc1ccc(S(=O)(=O)Oc2ccc3ccccc3c2Nc2ccccc2C(=O)O)cc1. The number of hydrogen-bond donors (Lipinski definition) is 2. The topological polar surface area (TPSA) is 92.7 Å². The first kappa shape index (κ1) is 20.4. The summed E-state index contributed by atoms with van der Waals surface area (Å²) in [4.78, 5) is 11.7. The van der Waals surface area contributed by atoms with Gasteiger partial charge in [0.1, 0.15) is 4.90 Å². The van der Waals surface area contributed by atoms with Gasteiger partial charge in [0.05, 0.1) is 16.9 Å². The molecule has 0 radical (unpaired) electrons. The van der Waals surface area contributed by atoms with E-state index in [0.29, 0.717) is 16.8 Å². The van der Waals surface area contributed by atoms with Crippen molar-refractivity contribution in [1.29, 1.82) is 0 Å². The van der Waals surface area contributed by atoms with Crippen LogP contribution in [0.25, 0.3) is 10.8 Å². The summed E-state index contributed by atoms with van der Waals surface area (Å²) >= 11 is 0. The van der Waals surface area contributed by atoms with Crippen LogP contribution >= 0.6 is 0 Å². The van der Waals surface area contributed by atoms with Crippen molar-refractivity contribution in [1.82, 2.24) is 0 Å².